The van der Waals surface area contributed by atoms with E-state index in [2.05, 4.69) is 15.5 Å². The zero-order valence-electron chi connectivity index (χ0n) is 11.8. The molecule has 1 aromatic heterocycles. The van der Waals surface area contributed by atoms with Gasteiger partial charge in [0.15, 0.2) is 0 Å². The summed E-state index contributed by atoms with van der Waals surface area (Å²) in [7, 11) is 0. The van der Waals surface area contributed by atoms with Crippen LogP contribution in [0.4, 0.5) is 0 Å². The molecule has 1 atom stereocenters. The molecule has 4 nitrogen and oxygen atoms in total. The number of amides is 1. The van der Waals surface area contributed by atoms with Crippen molar-refractivity contribution in [3.05, 3.63) is 51.8 Å². The fourth-order valence-electron chi connectivity index (χ4n) is 2.21. The minimum absolute atomic E-state index is 0.0392. The van der Waals surface area contributed by atoms with E-state index in [0.29, 0.717) is 5.56 Å². The van der Waals surface area contributed by atoms with Gasteiger partial charge in [-0.2, -0.15) is 5.10 Å². The van der Waals surface area contributed by atoms with Gasteiger partial charge in [0.1, 0.15) is 0 Å². The van der Waals surface area contributed by atoms with Crippen molar-refractivity contribution < 1.29 is 4.79 Å². The fourth-order valence-corrected chi connectivity index (χ4v) is 2.33. The van der Waals surface area contributed by atoms with Crippen LogP contribution >= 0.6 is 11.6 Å². The van der Waals surface area contributed by atoms with Gasteiger partial charge in [-0.1, -0.05) is 23.7 Å². The second-order valence-electron chi connectivity index (χ2n) is 5.01. The largest absolute Gasteiger partial charge is 0.349 e. The number of H-pyrrole nitrogens is 1. The van der Waals surface area contributed by atoms with Crippen LogP contribution in [0.15, 0.2) is 24.3 Å². The van der Waals surface area contributed by atoms with E-state index in [1.807, 2.05) is 45.0 Å². The first-order valence-electron chi connectivity index (χ1n) is 6.54. The van der Waals surface area contributed by atoms with Crippen LogP contribution in [0.25, 0.3) is 0 Å². The molecule has 20 heavy (non-hydrogen) atoms. The maximum absolute atomic E-state index is 12.2. The molecule has 1 unspecified atom stereocenters. The lowest BCUT2D eigenvalue weighted by Gasteiger charge is -2.14. The van der Waals surface area contributed by atoms with Crippen LogP contribution in [-0.4, -0.2) is 22.1 Å². The Balaban J connectivity index is 1.99. The van der Waals surface area contributed by atoms with Gasteiger partial charge in [0.2, 0.25) is 0 Å². The van der Waals surface area contributed by atoms with Crippen molar-refractivity contribution in [2.75, 3.05) is 0 Å². The summed E-state index contributed by atoms with van der Waals surface area (Å²) in [4.78, 5) is 12.2. The van der Waals surface area contributed by atoms with Crippen LogP contribution in [0.3, 0.4) is 0 Å². The van der Waals surface area contributed by atoms with E-state index in [9.17, 15) is 4.79 Å². The summed E-state index contributed by atoms with van der Waals surface area (Å²) in [6, 6.07) is 7.70. The minimum atomic E-state index is -0.0878. The van der Waals surface area contributed by atoms with E-state index in [4.69, 9.17) is 11.6 Å². The third-order valence-electron chi connectivity index (χ3n) is 3.19. The summed E-state index contributed by atoms with van der Waals surface area (Å²) in [5, 5.41) is 10.6. The Labute approximate surface area is 123 Å². The molecule has 0 spiro atoms. The molecule has 1 heterocycles. The second-order valence-corrected chi connectivity index (χ2v) is 5.45. The van der Waals surface area contributed by atoms with Crippen LogP contribution in [0.5, 0.6) is 0 Å². The standard InChI is InChI=1S/C15H18ClN3O/c1-9(8-12-4-6-13(16)7-5-12)17-15(20)14-10(2)18-19-11(14)3/h4-7,9H,8H2,1-3H3,(H,17,20)(H,18,19). The molecular formula is C15H18ClN3O. The van der Waals surface area contributed by atoms with Crippen LogP contribution in [0.1, 0.15) is 34.2 Å². The SMILES string of the molecule is Cc1n[nH]c(C)c1C(=O)NC(C)Cc1ccc(Cl)cc1. The van der Waals surface area contributed by atoms with Crippen molar-refractivity contribution in [3.63, 3.8) is 0 Å². The predicted octanol–water partition coefficient (Wildman–Crippen LogP) is 3.04. The van der Waals surface area contributed by atoms with Crippen molar-refractivity contribution in [3.8, 4) is 0 Å². The summed E-state index contributed by atoms with van der Waals surface area (Å²) in [5.74, 6) is -0.0878. The second kappa shape index (κ2) is 6.09. The summed E-state index contributed by atoms with van der Waals surface area (Å²) in [6.07, 6.45) is 0.763. The van der Waals surface area contributed by atoms with E-state index in [1.54, 1.807) is 0 Å². The lowest BCUT2D eigenvalue weighted by Crippen LogP contribution is -2.34. The average molecular weight is 292 g/mol. The normalized spacial score (nSPS) is 12.2. The van der Waals surface area contributed by atoms with Gasteiger partial charge >= 0.3 is 0 Å². The molecule has 0 aliphatic heterocycles. The summed E-state index contributed by atoms with van der Waals surface area (Å²) in [6.45, 7) is 5.65. The Kier molecular flexibility index (Phi) is 4.45. The molecule has 0 fully saturated rings. The number of carbonyl (C=O) groups excluding carboxylic acids is 1. The molecule has 2 aromatic rings. The van der Waals surface area contributed by atoms with Gasteiger partial charge in [0.25, 0.3) is 5.91 Å². The van der Waals surface area contributed by atoms with E-state index in [1.165, 1.54) is 0 Å². The van der Waals surface area contributed by atoms with Crippen LogP contribution in [0, 0.1) is 13.8 Å². The van der Waals surface area contributed by atoms with Crippen LogP contribution in [0.2, 0.25) is 5.02 Å². The van der Waals surface area contributed by atoms with Gasteiger partial charge in [-0.3, -0.25) is 9.89 Å². The van der Waals surface area contributed by atoms with Crippen LogP contribution in [-0.2, 0) is 6.42 Å². The molecule has 0 saturated heterocycles. The quantitative estimate of drug-likeness (QED) is 0.909. The molecule has 0 aliphatic rings. The first kappa shape index (κ1) is 14.6. The Bertz CT molecular complexity index is 585. The number of carbonyl (C=O) groups is 1. The topological polar surface area (TPSA) is 57.8 Å². The molecule has 1 aromatic carbocycles. The highest BCUT2D eigenvalue weighted by Gasteiger charge is 2.17. The van der Waals surface area contributed by atoms with Crippen molar-refractivity contribution in [2.45, 2.75) is 33.2 Å². The predicted molar refractivity (Wildman–Crippen MR) is 80.1 cm³/mol. The zero-order valence-corrected chi connectivity index (χ0v) is 12.6. The lowest BCUT2D eigenvalue weighted by atomic mass is 10.1. The van der Waals surface area contributed by atoms with Gasteiger partial charge in [0.05, 0.1) is 11.3 Å². The van der Waals surface area contributed by atoms with E-state index in [-0.39, 0.29) is 11.9 Å². The third kappa shape index (κ3) is 3.39. The smallest absolute Gasteiger partial charge is 0.255 e. The molecule has 2 N–H and O–H groups in total. The molecule has 5 heteroatoms. The van der Waals surface area contributed by atoms with Crippen LogP contribution < -0.4 is 5.32 Å². The number of aryl methyl sites for hydroxylation is 2. The van der Waals surface area contributed by atoms with Crippen molar-refractivity contribution in [2.24, 2.45) is 0 Å². The molecule has 0 bridgehead atoms. The Morgan fingerprint density at radius 3 is 2.55 bits per heavy atom. The first-order valence-corrected chi connectivity index (χ1v) is 6.92. The van der Waals surface area contributed by atoms with Crippen molar-refractivity contribution in [1.82, 2.24) is 15.5 Å². The highest BCUT2D eigenvalue weighted by Crippen LogP contribution is 2.12. The maximum Gasteiger partial charge on any atom is 0.255 e. The monoisotopic (exact) mass is 291 g/mol. The molecule has 106 valence electrons. The van der Waals surface area contributed by atoms with Crippen molar-refractivity contribution in [1.29, 1.82) is 0 Å². The third-order valence-corrected chi connectivity index (χ3v) is 3.44. The number of benzene rings is 1. The summed E-state index contributed by atoms with van der Waals surface area (Å²) in [5.41, 5.74) is 3.29. The van der Waals surface area contributed by atoms with Gasteiger partial charge in [-0.05, 0) is 44.9 Å². The highest BCUT2D eigenvalue weighted by atomic mass is 35.5. The molecule has 0 radical (unpaired) electrons. The number of halogens is 1. The van der Waals surface area contributed by atoms with Gasteiger partial charge in [-0.25, -0.2) is 0 Å². The van der Waals surface area contributed by atoms with Gasteiger partial charge < -0.3 is 5.32 Å². The fraction of sp³-hybridized carbons (Fsp3) is 0.333. The number of aromatic amines is 1. The summed E-state index contributed by atoms with van der Waals surface area (Å²) >= 11 is 5.85. The Morgan fingerprint density at radius 1 is 1.35 bits per heavy atom. The van der Waals surface area contributed by atoms with Crippen molar-refractivity contribution >= 4 is 17.5 Å². The summed E-state index contributed by atoms with van der Waals surface area (Å²) < 4.78 is 0. The number of nitrogens with zero attached hydrogens (tertiary/aromatic N) is 1. The number of rotatable bonds is 4. The lowest BCUT2D eigenvalue weighted by molar-refractivity contribution is 0.0939. The molecule has 0 aliphatic carbocycles. The Hall–Kier alpha value is -1.81. The molecule has 0 saturated carbocycles. The Morgan fingerprint density at radius 2 is 2.00 bits per heavy atom. The van der Waals surface area contributed by atoms with Gasteiger partial charge in [0, 0.05) is 16.8 Å². The van der Waals surface area contributed by atoms with E-state index in [0.717, 1.165) is 28.4 Å². The minimum Gasteiger partial charge on any atom is -0.349 e. The average Bonchev–Trinajstić information content (AvgIpc) is 2.72. The highest BCUT2D eigenvalue weighted by molar-refractivity contribution is 6.30. The molecule has 2 rings (SSSR count). The van der Waals surface area contributed by atoms with E-state index >= 15 is 0 Å². The number of nitrogens with one attached hydrogen (secondary N) is 2. The zero-order chi connectivity index (χ0) is 14.7. The number of hydrogen-bond donors (Lipinski definition) is 2. The van der Waals surface area contributed by atoms with E-state index < -0.39 is 0 Å². The molecule has 1 amide bonds. The first-order chi connectivity index (χ1) is 9.47. The number of hydrogen-bond acceptors (Lipinski definition) is 2. The number of aromatic nitrogens is 2. The maximum atomic E-state index is 12.2. The van der Waals surface area contributed by atoms with Gasteiger partial charge in [-0.15, -0.1) is 0 Å². The molecular weight excluding hydrogens is 274 g/mol.